The van der Waals surface area contributed by atoms with Crippen molar-refractivity contribution in [2.75, 3.05) is 19.6 Å². The van der Waals surface area contributed by atoms with Gasteiger partial charge in [0.25, 0.3) is 0 Å². The van der Waals surface area contributed by atoms with E-state index in [9.17, 15) is 10.0 Å². The number of quaternary nitrogens is 1. The van der Waals surface area contributed by atoms with Crippen LogP contribution in [-0.4, -0.2) is 30.1 Å². The Bertz CT molecular complexity index is 135. The van der Waals surface area contributed by atoms with Gasteiger partial charge in [0.15, 0.2) is 0 Å². The van der Waals surface area contributed by atoms with E-state index in [-0.39, 0.29) is 10.4 Å². The molecule has 1 heterocycles. The Hall–Kier alpha value is -0.410. The minimum absolute atomic E-state index is 0.161. The molecule has 0 aromatic carbocycles. The van der Waals surface area contributed by atoms with Crippen molar-refractivity contribution in [3.05, 3.63) is 5.21 Å². The minimum Gasteiger partial charge on any atom is -0.633 e. The predicted molar refractivity (Wildman–Crippen MR) is 38.1 cm³/mol. The first-order valence-corrected chi connectivity index (χ1v) is 3.75. The summed E-state index contributed by atoms with van der Waals surface area (Å²) >= 11 is 0. The maximum atomic E-state index is 11.4. The Morgan fingerprint density at radius 2 is 2.00 bits per heavy atom. The molecule has 0 aromatic heterocycles. The zero-order chi connectivity index (χ0) is 7.61. The molecule has 1 aliphatic rings. The molecule has 1 rings (SSSR count). The van der Waals surface area contributed by atoms with Crippen molar-refractivity contribution in [3.8, 4) is 0 Å². The highest BCUT2D eigenvalue weighted by molar-refractivity contribution is 5.78. The quantitative estimate of drug-likeness (QED) is 0.400. The lowest BCUT2D eigenvalue weighted by molar-refractivity contribution is -0.880. The minimum atomic E-state index is -0.161. The average Bonchev–Trinajstić information content (AvgIpc) is 1.96. The van der Waals surface area contributed by atoms with Gasteiger partial charge >= 0.3 is 0 Å². The Morgan fingerprint density at radius 3 is 2.40 bits per heavy atom. The normalized spacial score (nSPS) is 24.8. The van der Waals surface area contributed by atoms with Crippen molar-refractivity contribution in [2.45, 2.75) is 19.8 Å². The van der Waals surface area contributed by atoms with Gasteiger partial charge in [-0.2, -0.15) is 0 Å². The number of hydrogen-bond acceptors (Lipinski definition) is 2. The SMILES string of the molecule is CC[N+]1([O-])CCC(=O)CC1. The number of hydrogen-bond donors (Lipinski definition) is 0. The first-order valence-electron chi connectivity index (χ1n) is 3.75. The molecule has 0 amide bonds. The van der Waals surface area contributed by atoms with Crippen molar-refractivity contribution >= 4 is 5.78 Å². The lowest BCUT2D eigenvalue weighted by Crippen LogP contribution is -2.48. The van der Waals surface area contributed by atoms with Gasteiger partial charge in [0.1, 0.15) is 5.78 Å². The molecule has 0 spiro atoms. The predicted octanol–water partition coefficient (Wildman–Crippen LogP) is 0.684. The van der Waals surface area contributed by atoms with Crippen LogP contribution in [0.4, 0.5) is 0 Å². The van der Waals surface area contributed by atoms with Gasteiger partial charge in [-0.25, -0.2) is 0 Å². The number of ketones is 1. The largest absolute Gasteiger partial charge is 0.633 e. The first-order chi connectivity index (χ1) is 4.66. The van der Waals surface area contributed by atoms with Crippen LogP contribution in [0, 0.1) is 5.21 Å². The monoisotopic (exact) mass is 143 g/mol. The van der Waals surface area contributed by atoms with E-state index in [0.29, 0.717) is 32.5 Å². The molecule has 0 radical (unpaired) electrons. The molecule has 1 saturated heterocycles. The van der Waals surface area contributed by atoms with Crippen molar-refractivity contribution in [2.24, 2.45) is 0 Å². The molecule has 0 N–H and O–H groups in total. The summed E-state index contributed by atoms with van der Waals surface area (Å²) in [5.41, 5.74) is 0. The number of hydroxylamine groups is 3. The number of carbonyl (C=O) groups is 1. The van der Waals surface area contributed by atoms with Gasteiger partial charge in [-0.1, -0.05) is 0 Å². The van der Waals surface area contributed by atoms with E-state index in [4.69, 9.17) is 0 Å². The molecule has 10 heavy (non-hydrogen) atoms. The van der Waals surface area contributed by atoms with E-state index in [1.54, 1.807) is 0 Å². The van der Waals surface area contributed by atoms with Crippen molar-refractivity contribution in [1.29, 1.82) is 0 Å². The number of carbonyl (C=O) groups excluding carboxylic acids is 1. The fourth-order valence-corrected chi connectivity index (χ4v) is 1.21. The highest BCUT2D eigenvalue weighted by Crippen LogP contribution is 2.13. The second-order valence-corrected chi connectivity index (χ2v) is 2.86. The van der Waals surface area contributed by atoms with Crippen LogP contribution in [0.15, 0.2) is 0 Å². The first kappa shape index (κ1) is 7.69. The number of piperidine rings is 1. The second-order valence-electron chi connectivity index (χ2n) is 2.86. The summed E-state index contributed by atoms with van der Waals surface area (Å²) in [7, 11) is 0. The van der Waals surface area contributed by atoms with Crippen molar-refractivity contribution in [3.63, 3.8) is 0 Å². The molecule has 0 saturated carbocycles. The van der Waals surface area contributed by atoms with Gasteiger partial charge < -0.3 is 9.85 Å². The van der Waals surface area contributed by atoms with Gasteiger partial charge in [-0.3, -0.25) is 4.79 Å². The van der Waals surface area contributed by atoms with E-state index in [0.717, 1.165) is 0 Å². The summed E-state index contributed by atoms with van der Waals surface area (Å²) in [5, 5.41) is 11.4. The molecule has 3 heteroatoms. The zero-order valence-electron chi connectivity index (χ0n) is 6.30. The smallest absolute Gasteiger partial charge is 0.144 e. The fourth-order valence-electron chi connectivity index (χ4n) is 1.21. The van der Waals surface area contributed by atoms with Crippen molar-refractivity contribution < 1.29 is 9.44 Å². The Balaban J connectivity index is 2.46. The van der Waals surface area contributed by atoms with Gasteiger partial charge in [0.2, 0.25) is 0 Å². The van der Waals surface area contributed by atoms with E-state index in [1.807, 2.05) is 6.92 Å². The van der Waals surface area contributed by atoms with Crippen LogP contribution in [0.25, 0.3) is 0 Å². The summed E-state index contributed by atoms with van der Waals surface area (Å²) < 4.78 is -0.161. The van der Waals surface area contributed by atoms with Crippen LogP contribution in [0.2, 0.25) is 0 Å². The fraction of sp³-hybridized carbons (Fsp3) is 0.857. The second kappa shape index (κ2) is 2.68. The third-order valence-corrected chi connectivity index (χ3v) is 2.17. The van der Waals surface area contributed by atoms with Crippen LogP contribution >= 0.6 is 0 Å². The summed E-state index contributed by atoms with van der Waals surface area (Å²) in [6.07, 6.45) is 0.967. The van der Waals surface area contributed by atoms with Crippen LogP contribution in [0.5, 0.6) is 0 Å². The number of Topliss-reactive ketones (excluding diaryl/α,β-unsaturated/α-hetero) is 1. The zero-order valence-corrected chi connectivity index (χ0v) is 6.30. The lowest BCUT2D eigenvalue weighted by Gasteiger charge is -2.44. The molecule has 0 bridgehead atoms. The van der Waals surface area contributed by atoms with E-state index in [1.165, 1.54) is 0 Å². The van der Waals surface area contributed by atoms with E-state index in [2.05, 4.69) is 0 Å². The maximum Gasteiger partial charge on any atom is 0.144 e. The lowest BCUT2D eigenvalue weighted by atomic mass is 10.1. The Kier molecular flexibility index (Phi) is 2.06. The highest BCUT2D eigenvalue weighted by atomic mass is 16.5. The van der Waals surface area contributed by atoms with Crippen LogP contribution in [-0.2, 0) is 4.79 Å². The number of rotatable bonds is 1. The van der Waals surface area contributed by atoms with Crippen LogP contribution < -0.4 is 0 Å². The standard InChI is InChI=1S/C7H13NO2/c1-2-8(10)5-3-7(9)4-6-8/h2-6H2,1H3. The molecule has 3 nitrogen and oxygen atoms in total. The third kappa shape index (κ3) is 1.55. The van der Waals surface area contributed by atoms with E-state index < -0.39 is 0 Å². The molecule has 0 unspecified atom stereocenters. The number of nitrogens with zero attached hydrogens (tertiary/aromatic N) is 1. The van der Waals surface area contributed by atoms with Crippen molar-refractivity contribution in [1.82, 2.24) is 0 Å². The maximum absolute atomic E-state index is 11.4. The molecule has 1 aliphatic heterocycles. The van der Waals surface area contributed by atoms with Gasteiger partial charge in [-0.05, 0) is 6.92 Å². The third-order valence-electron chi connectivity index (χ3n) is 2.17. The van der Waals surface area contributed by atoms with Crippen LogP contribution in [0.1, 0.15) is 19.8 Å². The number of likely N-dealkylation sites (tertiary alicyclic amines) is 1. The molecular weight excluding hydrogens is 130 g/mol. The van der Waals surface area contributed by atoms with Gasteiger partial charge in [-0.15, -0.1) is 0 Å². The molecule has 0 atom stereocenters. The molecule has 1 fully saturated rings. The molecule has 0 aromatic rings. The molecular formula is C7H13NO2. The summed E-state index contributed by atoms with van der Waals surface area (Å²) in [6, 6.07) is 0. The summed E-state index contributed by atoms with van der Waals surface area (Å²) in [6.45, 7) is 3.47. The summed E-state index contributed by atoms with van der Waals surface area (Å²) in [5.74, 6) is 0.248. The van der Waals surface area contributed by atoms with Crippen LogP contribution in [0.3, 0.4) is 0 Å². The topological polar surface area (TPSA) is 40.1 Å². The Labute approximate surface area is 60.8 Å². The Morgan fingerprint density at radius 1 is 1.50 bits per heavy atom. The van der Waals surface area contributed by atoms with Gasteiger partial charge in [0, 0.05) is 0 Å². The summed E-state index contributed by atoms with van der Waals surface area (Å²) in [4.78, 5) is 10.7. The molecule has 58 valence electrons. The highest BCUT2D eigenvalue weighted by Gasteiger charge is 2.22. The van der Waals surface area contributed by atoms with Gasteiger partial charge in [0.05, 0.1) is 32.5 Å². The average molecular weight is 143 g/mol. The molecule has 0 aliphatic carbocycles. The van der Waals surface area contributed by atoms with E-state index >= 15 is 0 Å².